The van der Waals surface area contributed by atoms with Crippen LogP contribution in [0.4, 0.5) is 4.79 Å². The maximum absolute atomic E-state index is 14.2. The zero-order valence-corrected chi connectivity index (χ0v) is 29.5. The molecule has 1 unspecified atom stereocenters. The molecular weight excluding hydrogens is 614 g/mol. The average molecular weight is 668 g/mol. The van der Waals surface area contributed by atoms with Crippen LogP contribution in [0.1, 0.15) is 80.2 Å². The van der Waals surface area contributed by atoms with Gasteiger partial charge >= 0.3 is 12.0 Å². The first-order valence-corrected chi connectivity index (χ1v) is 17.0. The number of carbonyl (C=O) groups is 6. The Labute approximate surface area is 283 Å². The van der Waals surface area contributed by atoms with Gasteiger partial charge in [0, 0.05) is 13.1 Å². The first kappa shape index (κ1) is 36.9. The summed E-state index contributed by atoms with van der Waals surface area (Å²) in [4.78, 5) is 81.2. The number of hydrogen-bond donors (Lipinski definition) is 5. The number of urea groups is 1. The Kier molecular flexibility index (Phi) is 10.7. The third-order valence-electron chi connectivity index (χ3n) is 10.2. The topological polar surface area (TPSA) is 174 Å². The van der Waals surface area contributed by atoms with Gasteiger partial charge in [0.2, 0.25) is 17.6 Å². The summed E-state index contributed by atoms with van der Waals surface area (Å²) >= 11 is 0. The van der Waals surface area contributed by atoms with Crippen LogP contribution in [0.15, 0.2) is 30.3 Å². The molecular formula is C36H53N5O7. The van der Waals surface area contributed by atoms with Gasteiger partial charge in [-0.15, -0.1) is 0 Å². The lowest BCUT2D eigenvalue weighted by Crippen LogP contribution is -2.62. The van der Waals surface area contributed by atoms with E-state index >= 15 is 0 Å². The monoisotopic (exact) mass is 667 g/mol. The summed E-state index contributed by atoms with van der Waals surface area (Å²) in [5.74, 6) is -3.50. The van der Waals surface area contributed by atoms with E-state index in [9.17, 15) is 33.9 Å². The molecule has 0 radical (unpaired) electrons. The number of carbonyl (C=O) groups excluding carboxylic acids is 5. The molecule has 48 heavy (non-hydrogen) atoms. The van der Waals surface area contributed by atoms with E-state index in [2.05, 4.69) is 21.3 Å². The first-order valence-electron chi connectivity index (χ1n) is 17.0. The van der Waals surface area contributed by atoms with Crippen LogP contribution in [0.25, 0.3) is 0 Å². The van der Waals surface area contributed by atoms with Gasteiger partial charge in [0.05, 0.1) is 6.04 Å². The number of carboxylic acid groups (broad SMARTS) is 1. The number of fused-ring (bicyclic) bond motifs is 1. The molecule has 5 N–H and O–H groups in total. The van der Waals surface area contributed by atoms with Gasteiger partial charge in [-0.3, -0.25) is 19.2 Å². The van der Waals surface area contributed by atoms with Crippen LogP contribution >= 0.6 is 0 Å². The van der Waals surface area contributed by atoms with Gasteiger partial charge in [0.25, 0.3) is 5.91 Å². The molecule has 2 aliphatic carbocycles. The molecule has 2 saturated carbocycles. The number of aliphatic carboxylic acids is 1. The number of rotatable bonds is 13. The van der Waals surface area contributed by atoms with E-state index in [-0.39, 0.29) is 29.7 Å². The molecule has 264 valence electrons. The second-order valence-electron chi connectivity index (χ2n) is 16.5. The number of benzene rings is 1. The molecule has 1 saturated heterocycles. The summed E-state index contributed by atoms with van der Waals surface area (Å²) in [5.41, 5.74) is -0.770. The van der Waals surface area contributed by atoms with Gasteiger partial charge in [-0.2, -0.15) is 0 Å². The van der Waals surface area contributed by atoms with Gasteiger partial charge < -0.3 is 31.3 Å². The summed E-state index contributed by atoms with van der Waals surface area (Å²) in [5, 5.41) is 20.4. The van der Waals surface area contributed by atoms with Crippen LogP contribution in [-0.4, -0.2) is 82.8 Å². The average Bonchev–Trinajstić information content (AvgIpc) is 3.84. The van der Waals surface area contributed by atoms with Gasteiger partial charge in [0.1, 0.15) is 18.1 Å². The Hall–Kier alpha value is -3.96. The molecule has 3 fully saturated rings. The molecule has 12 heteroatoms. The maximum Gasteiger partial charge on any atom is 0.326 e. The molecule has 12 nitrogen and oxygen atoms in total. The number of ketones is 1. The zero-order chi connectivity index (χ0) is 35.8. The Morgan fingerprint density at radius 3 is 2.02 bits per heavy atom. The minimum atomic E-state index is -1.21. The van der Waals surface area contributed by atoms with Gasteiger partial charge in [-0.25, -0.2) is 9.59 Å². The molecule has 6 atom stereocenters. The van der Waals surface area contributed by atoms with Gasteiger partial charge in [-0.1, -0.05) is 98.6 Å². The SMILES string of the molecule is CC(C)(C)[C@H](NC(=O)N[C@H](C(=O)N1C[C@H]2[C@@H]([C@H]1C(=O)NC(CC1CC1)C(=O)C(=O)NCCc1ccccc1)C2(C)C)C(C)(C)C)C(=O)O. The molecule has 0 bridgehead atoms. The number of piperidine rings is 1. The van der Waals surface area contributed by atoms with E-state index in [1.54, 1.807) is 41.5 Å². The summed E-state index contributed by atoms with van der Waals surface area (Å²) in [7, 11) is 0. The quantitative estimate of drug-likeness (QED) is 0.201. The van der Waals surface area contributed by atoms with Crippen molar-refractivity contribution in [2.45, 2.75) is 105 Å². The van der Waals surface area contributed by atoms with Crippen molar-refractivity contribution in [3.8, 4) is 0 Å². The predicted octanol–water partition coefficient (Wildman–Crippen LogP) is 2.90. The molecule has 1 heterocycles. The first-order chi connectivity index (χ1) is 22.2. The fourth-order valence-electron chi connectivity index (χ4n) is 6.97. The number of hydrogen-bond acceptors (Lipinski definition) is 6. The molecule has 1 aromatic carbocycles. The van der Waals surface area contributed by atoms with Crippen LogP contribution in [0.2, 0.25) is 0 Å². The maximum atomic E-state index is 14.2. The minimum absolute atomic E-state index is 0.0443. The molecule has 4 rings (SSSR count). The highest BCUT2D eigenvalue weighted by molar-refractivity contribution is 6.38. The highest BCUT2D eigenvalue weighted by Crippen LogP contribution is 2.65. The third kappa shape index (κ3) is 8.54. The lowest BCUT2D eigenvalue weighted by Gasteiger charge is -2.38. The van der Waals surface area contributed by atoms with Crippen molar-refractivity contribution in [1.82, 2.24) is 26.2 Å². The van der Waals surface area contributed by atoms with Crippen molar-refractivity contribution in [3.05, 3.63) is 35.9 Å². The molecule has 5 amide bonds. The molecule has 3 aliphatic rings. The van der Waals surface area contributed by atoms with Crippen LogP contribution in [0, 0.1) is 34.0 Å². The van der Waals surface area contributed by atoms with Crippen LogP contribution in [-0.2, 0) is 30.4 Å². The lowest BCUT2D eigenvalue weighted by atomic mass is 9.85. The Morgan fingerprint density at radius 2 is 1.48 bits per heavy atom. The number of amides is 5. The van der Waals surface area contributed by atoms with Crippen molar-refractivity contribution >= 4 is 35.5 Å². The van der Waals surface area contributed by atoms with E-state index in [1.165, 1.54) is 4.90 Å². The number of carboxylic acids is 1. The number of nitrogens with one attached hydrogen (secondary N) is 4. The largest absolute Gasteiger partial charge is 0.480 e. The second kappa shape index (κ2) is 13.9. The van der Waals surface area contributed by atoms with E-state index in [0.29, 0.717) is 19.4 Å². The van der Waals surface area contributed by atoms with Crippen molar-refractivity contribution in [3.63, 3.8) is 0 Å². The van der Waals surface area contributed by atoms with Crippen molar-refractivity contribution in [2.24, 2.45) is 34.0 Å². The fourth-order valence-corrected chi connectivity index (χ4v) is 6.97. The summed E-state index contributed by atoms with van der Waals surface area (Å²) in [6, 6.07) is 4.59. The summed E-state index contributed by atoms with van der Waals surface area (Å²) in [6.45, 7) is 15.1. The number of nitrogens with zero attached hydrogens (tertiary/aromatic N) is 1. The Balaban J connectivity index is 1.49. The standard InChI is InChI=1S/C36H53N5O7/c1-34(2,3)27(39-33(48)40-28(32(46)47)35(4,5)6)31(45)41-19-22-24(36(22,7)8)25(41)29(43)38-23(18-21-14-15-21)26(42)30(44)37-17-16-20-12-10-9-11-13-20/h9-13,21-25,27-28H,14-19H2,1-8H3,(H,37,44)(H,38,43)(H,46,47)(H2,39,40,48)/t22-,23?,24-,25-,27+,28+/m0/s1. The predicted molar refractivity (Wildman–Crippen MR) is 179 cm³/mol. The highest BCUT2D eigenvalue weighted by atomic mass is 16.4. The summed E-state index contributed by atoms with van der Waals surface area (Å²) < 4.78 is 0. The molecule has 1 aromatic rings. The van der Waals surface area contributed by atoms with Gasteiger partial charge in [0.15, 0.2) is 0 Å². The fraction of sp³-hybridized carbons (Fsp3) is 0.667. The van der Waals surface area contributed by atoms with Crippen molar-refractivity contribution in [2.75, 3.05) is 13.1 Å². The van der Waals surface area contributed by atoms with Crippen LogP contribution < -0.4 is 21.3 Å². The zero-order valence-electron chi connectivity index (χ0n) is 29.5. The van der Waals surface area contributed by atoms with Gasteiger partial charge in [-0.05, 0) is 52.4 Å². The van der Waals surface area contributed by atoms with Crippen LogP contribution in [0.5, 0.6) is 0 Å². The van der Waals surface area contributed by atoms with Crippen molar-refractivity contribution in [1.29, 1.82) is 0 Å². The second-order valence-corrected chi connectivity index (χ2v) is 16.5. The molecule has 1 aliphatic heterocycles. The Morgan fingerprint density at radius 1 is 0.896 bits per heavy atom. The summed E-state index contributed by atoms with van der Waals surface area (Å²) in [6.07, 6.45) is 2.74. The van der Waals surface area contributed by atoms with Crippen LogP contribution in [0.3, 0.4) is 0 Å². The normalized spacial score (nSPS) is 23.2. The lowest BCUT2D eigenvalue weighted by molar-refractivity contribution is -0.145. The number of Topliss-reactive ketones (excluding diaryl/α,β-unsaturated/α-hetero) is 1. The van der Waals surface area contributed by atoms with E-state index in [1.807, 2.05) is 44.2 Å². The molecule has 0 aromatic heterocycles. The Bertz CT molecular complexity index is 1410. The van der Waals surface area contributed by atoms with E-state index in [4.69, 9.17) is 0 Å². The number of likely N-dealkylation sites (tertiary alicyclic amines) is 1. The smallest absolute Gasteiger partial charge is 0.326 e. The van der Waals surface area contributed by atoms with E-state index < -0.39 is 70.5 Å². The third-order valence-corrected chi connectivity index (χ3v) is 10.2. The van der Waals surface area contributed by atoms with Crippen molar-refractivity contribution < 1.29 is 33.9 Å². The van der Waals surface area contributed by atoms with E-state index in [0.717, 1.165) is 18.4 Å². The minimum Gasteiger partial charge on any atom is -0.480 e. The molecule has 0 spiro atoms. The highest BCUT2D eigenvalue weighted by Gasteiger charge is 2.70.